The van der Waals surface area contributed by atoms with E-state index in [0.717, 1.165) is 5.56 Å². The number of aliphatic hydroxyl groups excluding tert-OH is 1. The van der Waals surface area contributed by atoms with Gasteiger partial charge < -0.3 is 9.84 Å². The van der Waals surface area contributed by atoms with E-state index in [2.05, 4.69) is 4.74 Å². The van der Waals surface area contributed by atoms with Crippen molar-refractivity contribution < 1.29 is 19.4 Å². The lowest BCUT2D eigenvalue weighted by molar-refractivity contribution is -0.141. The quantitative estimate of drug-likeness (QED) is 0.374. The Morgan fingerprint density at radius 1 is 1.35 bits per heavy atom. The summed E-state index contributed by atoms with van der Waals surface area (Å²) >= 11 is 0. The van der Waals surface area contributed by atoms with Crippen LogP contribution in [0.4, 0.5) is 0 Å². The minimum atomic E-state index is -0.893. The maximum atomic E-state index is 11.3. The molecule has 0 radical (unpaired) electrons. The molecule has 4 heteroatoms. The molecule has 1 N–H and O–H groups in total. The molecule has 0 heterocycles. The molecule has 1 aromatic carbocycles. The zero-order valence-electron chi connectivity index (χ0n) is 9.77. The molecule has 0 fully saturated rings. The second-order valence-corrected chi connectivity index (χ2v) is 3.47. The highest BCUT2D eigenvalue weighted by molar-refractivity contribution is 6.14. The van der Waals surface area contributed by atoms with Crippen LogP contribution >= 0.6 is 0 Å². The Labute approximate surface area is 99.5 Å². The van der Waals surface area contributed by atoms with Gasteiger partial charge in [0.1, 0.15) is 0 Å². The first-order valence-electron chi connectivity index (χ1n) is 5.22. The highest BCUT2D eigenvalue weighted by Gasteiger charge is 2.16. The molecule has 0 unspecified atom stereocenters. The van der Waals surface area contributed by atoms with E-state index in [0.29, 0.717) is 11.8 Å². The number of allylic oxidation sites excluding steroid dienone is 1. The highest BCUT2D eigenvalue weighted by Crippen LogP contribution is 2.17. The van der Waals surface area contributed by atoms with Crippen molar-refractivity contribution in [3.63, 3.8) is 0 Å². The van der Waals surface area contributed by atoms with E-state index in [1.54, 1.807) is 31.2 Å². The molecule has 0 aliphatic carbocycles. The Kier molecular flexibility index (Phi) is 4.46. The third-order valence-electron chi connectivity index (χ3n) is 2.20. The fourth-order valence-electron chi connectivity index (χ4n) is 1.30. The van der Waals surface area contributed by atoms with Gasteiger partial charge in [-0.3, -0.25) is 4.79 Å². The molecule has 0 aromatic heterocycles. The number of hydrogen-bond donors (Lipinski definition) is 1. The van der Waals surface area contributed by atoms with Crippen LogP contribution in [-0.2, 0) is 14.3 Å². The smallest absolute Gasteiger partial charge is 0.374 e. The van der Waals surface area contributed by atoms with Crippen molar-refractivity contribution in [3.05, 3.63) is 41.2 Å². The zero-order valence-corrected chi connectivity index (χ0v) is 9.77. The van der Waals surface area contributed by atoms with E-state index in [-0.39, 0.29) is 12.2 Å². The topological polar surface area (TPSA) is 63.6 Å². The number of rotatable bonds is 4. The Balaban J connectivity index is 3.13. The van der Waals surface area contributed by atoms with Crippen molar-refractivity contribution >= 4 is 17.8 Å². The fourth-order valence-corrected chi connectivity index (χ4v) is 1.30. The third-order valence-corrected chi connectivity index (χ3v) is 2.20. The number of aliphatic hydroxyl groups is 1. The second-order valence-electron chi connectivity index (χ2n) is 3.47. The molecule has 0 bridgehead atoms. The number of aldehydes is 1. The van der Waals surface area contributed by atoms with Crippen molar-refractivity contribution in [2.45, 2.75) is 13.8 Å². The van der Waals surface area contributed by atoms with Gasteiger partial charge in [0.05, 0.1) is 12.2 Å². The van der Waals surface area contributed by atoms with E-state index < -0.39 is 11.7 Å². The van der Waals surface area contributed by atoms with Crippen molar-refractivity contribution in [1.29, 1.82) is 0 Å². The van der Waals surface area contributed by atoms with Crippen LogP contribution in [-0.4, -0.2) is 24.0 Å². The summed E-state index contributed by atoms with van der Waals surface area (Å²) in [6.45, 7) is 3.67. The van der Waals surface area contributed by atoms with Gasteiger partial charge in [-0.1, -0.05) is 29.8 Å². The van der Waals surface area contributed by atoms with E-state index in [1.165, 1.54) is 0 Å². The molecule has 0 atom stereocenters. The monoisotopic (exact) mass is 234 g/mol. The lowest BCUT2D eigenvalue weighted by Crippen LogP contribution is -2.10. The number of carbonyl (C=O) groups excluding carboxylic acids is 2. The number of ether oxygens (including phenoxy) is 1. The van der Waals surface area contributed by atoms with E-state index in [1.807, 2.05) is 6.92 Å². The summed E-state index contributed by atoms with van der Waals surface area (Å²) in [6.07, 6.45) is 0.441. The van der Waals surface area contributed by atoms with Gasteiger partial charge in [-0.25, -0.2) is 4.79 Å². The summed E-state index contributed by atoms with van der Waals surface area (Å²) < 4.78 is 4.63. The maximum Gasteiger partial charge on any atom is 0.374 e. The predicted octanol–water partition coefficient (Wildman–Crippen LogP) is 2.03. The second kappa shape index (κ2) is 5.84. The number of aryl methyl sites for hydroxylation is 1. The Morgan fingerprint density at radius 2 is 1.94 bits per heavy atom. The van der Waals surface area contributed by atoms with Gasteiger partial charge in [0.15, 0.2) is 6.29 Å². The molecule has 0 spiro atoms. The molecular formula is C13H14O4. The van der Waals surface area contributed by atoms with Gasteiger partial charge in [0, 0.05) is 0 Å². The normalized spacial score (nSPS) is 11.6. The summed E-state index contributed by atoms with van der Waals surface area (Å²) in [5, 5.41) is 9.61. The highest BCUT2D eigenvalue weighted by atomic mass is 16.5. The Bertz CT molecular complexity index is 443. The fraction of sp³-hybridized carbons (Fsp3) is 0.231. The number of carbonyl (C=O) groups is 2. The van der Waals surface area contributed by atoms with Gasteiger partial charge in [0.2, 0.25) is 5.76 Å². The Morgan fingerprint density at radius 3 is 2.41 bits per heavy atom. The minimum Gasteiger partial charge on any atom is -0.501 e. The zero-order chi connectivity index (χ0) is 12.8. The van der Waals surface area contributed by atoms with Crippen molar-refractivity contribution in [2.75, 3.05) is 6.61 Å². The summed E-state index contributed by atoms with van der Waals surface area (Å²) in [5.41, 5.74) is 1.44. The standard InChI is InChI=1S/C13H14O4/c1-3-17-13(16)12(15)11(8-14)10-6-4-9(2)5-7-10/h4-8,15H,3H2,1-2H3. The van der Waals surface area contributed by atoms with Crippen LogP contribution < -0.4 is 0 Å². The number of benzene rings is 1. The summed E-state index contributed by atoms with van der Waals surface area (Å²) in [5.74, 6) is -1.55. The molecule has 1 rings (SSSR count). The lowest BCUT2D eigenvalue weighted by atomic mass is 10.0. The van der Waals surface area contributed by atoms with Gasteiger partial charge in [0.25, 0.3) is 0 Å². The largest absolute Gasteiger partial charge is 0.501 e. The van der Waals surface area contributed by atoms with E-state index in [9.17, 15) is 14.7 Å². The van der Waals surface area contributed by atoms with Gasteiger partial charge >= 0.3 is 5.97 Å². The van der Waals surface area contributed by atoms with Crippen LogP contribution in [0.3, 0.4) is 0 Å². The molecular weight excluding hydrogens is 220 g/mol. The molecule has 0 saturated heterocycles. The molecule has 0 amide bonds. The van der Waals surface area contributed by atoms with Gasteiger partial charge in [-0.05, 0) is 19.4 Å². The van der Waals surface area contributed by atoms with E-state index in [4.69, 9.17) is 0 Å². The summed E-state index contributed by atoms with van der Waals surface area (Å²) in [4.78, 5) is 22.2. The first-order chi connectivity index (χ1) is 8.10. The van der Waals surface area contributed by atoms with Gasteiger partial charge in [-0.15, -0.1) is 0 Å². The Hall–Kier alpha value is -2.10. The average molecular weight is 234 g/mol. The van der Waals surface area contributed by atoms with Crippen LogP contribution in [0.5, 0.6) is 0 Å². The van der Waals surface area contributed by atoms with Crippen LogP contribution in [0.1, 0.15) is 18.1 Å². The lowest BCUT2D eigenvalue weighted by Gasteiger charge is -2.05. The first kappa shape index (κ1) is 13.0. The van der Waals surface area contributed by atoms with Gasteiger partial charge in [-0.2, -0.15) is 0 Å². The third kappa shape index (κ3) is 3.17. The molecule has 0 aliphatic rings. The van der Waals surface area contributed by atoms with Crippen molar-refractivity contribution in [2.24, 2.45) is 0 Å². The molecule has 4 nitrogen and oxygen atoms in total. The summed E-state index contributed by atoms with van der Waals surface area (Å²) in [6, 6.07) is 6.90. The van der Waals surface area contributed by atoms with Crippen LogP contribution in [0, 0.1) is 6.92 Å². The first-order valence-corrected chi connectivity index (χ1v) is 5.22. The minimum absolute atomic E-state index is 0.0662. The molecule has 0 aliphatic heterocycles. The molecule has 1 aromatic rings. The number of hydrogen-bond acceptors (Lipinski definition) is 4. The average Bonchev–Trinajstić information content (AvgIpc) is 2.32. The molecule has 0 saturated carbocycles. The SMILES string of the molecule is CCOC(=O)C(O)=C(C=O)c1ccc(C)cc1. The predicted molar refractivity (Wildman–Crippen MR) is 63.4 cm³/mol. The molecule has 90 valence electrons. The van der Waals surface area contributed by atoms with Crippen molar-refractivity contribution in [3.8, 4) is 0 Å². The van der Waals surface area contributed by atoms with Crippen LogP contribution in [0.2, 0.25) is 0 Å². The number of esters is 1. The van der Waals surface area contributed by atoms with Crippen LogP contribution in [0.15, 0.2) is 30.0 Å². The summed E-state index contributed by atoms with van der Waals surface area (Å²) in [7, 11) is 0. The van der Waals surface area contributed by atoms with Crippen molar-refractivity contribution in [1.82, 2.24) is 0 Å². The van der Waals surface area contributed by atoms with E-state index >= 15 is 0 Å². The van der Waals surface area contributed by atoms with Crippen LogP contribution in [0.25, 0.3) is 5.57 Å². The molecule has 17 heavy (non-hydrogen) atoms. The maximum absolute atomic E-state index is 11.3.